The minimum absolute atomic E-state index is 0.442. The molecule has 1 aromatic rings. The monoisotopic (exact) mass is 277 g/mol. The van der Waals surface area contributed by atoms with Crippen LogP contribution in [0.4, 0.5) is 4.39 Å². The maximum absolute atomic E-state index is 13.2. The summed E-state index contributed by atoms with van der Waals surface area (Å²) in [6, 6.07) is 5.07. The Kier molecular flexibility index (Phi) is 3.24. The topological polar surface area (TPSA) is 57.9 Å². The molecule has 0 unspecified atom stereocenters. The quantitative estimate of drug-likeness (QED) is 0.830. The number of sulfone groups is 1. The lowest BCUT2D eigenvalue weighted by molar-refractivity contribution is 0.568. The summed E-state index contributed by atoms with van der Waals surface area (Å²) in [6.07, 6.45) is 0. The van der Waals surface area contributed by atoms with Crippen LogP contribution in [0, 0.1) is 17.1 Å². The molecule has 74 valence electrons. The first-order valence-corrected chi connectivity index (χ1v) is 5.96. The van der Waals surface area contributed by atoms with Gasteiger partial charge in [-0.3, -0.25) is 0 Å². The van der Waals surface area contributed by atoms with E-state index in [9.17, 15) is 12.8 Å². The van der Waals surface area contributed by atoms with Crippen LogP contribution >= 0.6 is 15.9 Å². The third-order valence-corrected chi connectivity index (χ3v) is 3.49. The van der Waals surface area contributed by atoms with Crippen molar-refractivity contribution in [2.24, 2.45) is 0 Å². The first-order chi connectivity index (χ1) is 6.47. The fraction of sp³-hybridized carbons (Fsp3) is 0.125. The van der Waals surface area contributed by atoms with E-state index in [2.05, 4.69) is 15.9 Å². The molecule has 0 bridgehead atoms. The zero-order valence-electron chi connectivity index (χ0n) is 6.87. The third-order valence-electron chi connectivity index (χ3n) is 1.48. The van der Waals surface area contributed by atoms with Crippen LogP contribution < -0.4 is 0 Å². The van der Waals surface area contributed by atoms with Crippen LogP contribution in [0.15, 0.2) is 27.6 Å². The molecule has 1 rings (SSSR count). The van der Waals surface area contributed by atoms with Crippen molar-refractivity contribution in [3.63, 3.8) is 0 Å². The molecule has 0 atom stereocenters. The molecule has 0 saturated carbocycles. The molecule has 0 fully saturated rings. The summed E-state index contributed by atoms with van der Waals surface area (Å²) < 4.78 is 36.2. The van der Waals surface area contributed by atoms with Crippen molar-refractivity contribution in [3.8, 4) is 6.07 Å². The van der Waals surface area contributed by atoms with Gasteiger partial charge in [0.05, 0.1) is 6.07 Å². The molecule has 0 spiro atoms. The summed E-state index contributed by atoms with van der Waals surface area (Å²) in [5, 5.41) is 8.25. The fourth-order valence-electron chi connectivity index (χ4n) is 0.890. The van der Waals surface area contributed by atoms with Crippen LogP contribution in [0.1, 0.15) is 0 Å². The predicted octanol–water partition coefficient (Wildman–Crippen LogP) is 1.89. The SMILES string of the molecule is N#CCS(=O)(=O)c1ccc(Br)cc1F. The molecule has 0 aromatic heterocycles. The Balaban J connectivity index is 3.29. The van der Waals surface area contributed by atoms with Crippen LogP contribution in [0.25, 0.3) is 0 Å². The van der Waals surface area contributed by atoms with E-state index in [0.717, 1.165) is 12.1 Å². The Morgan fingerprint density at radius 3 is 2.64 bits per heavy atom. The fourth-order valence-corrected chi connectivity index (χ4v) is 2.18. The van der Waals surface area contributed by atoms with Gasteiger partial charge in [-0.1, -0.05) is 15.9 Å². The van der Waals surface area contributed by atoms with Gasteiger partial charge < -0.3 is 0 Å². The lowest BCUT2D eigenvalue weighted by Crippen LogP contribution is -2.07. The van der Waals surface area contributed by atoms with E-state index in [4.69, 9.17) is 5.26 Å². The minimum atomic E-state index is -3.81. The highest BCUT2D eigenvalue weighted by Gasteiger charge is 2.18. The number of nitriles is 1. The Morgan fingerprint density at radius 1 is 1.50 bits per heavy atom. The van der Waals surface area contributed by atoms with Crippen molar-refractivity contribution in [1.29, 1.82) is 5.26 Å². The number of benzene rings is 1. The van der Waals surface area contributed by atoms with Crippen LogP contribution in [-0.2, 0) is 9.84 Å². The smallest absolute Gasteiger partial charge is 0.194 e. The molecule has 0 aliphatic rings. The molecule has 0 saturated heterocycles. The van der Waals surface area contributed by atoms with Gasteiger partial charge in [0, 0.05) is 4.47 Å². The van der Waals surface area contributed by atoms with Crippen molar-refractivity contribution >= 4 is 25.8 Å². The standard InChI is InChI=1S/C8H5BrFNO2S/c9-6-1-2-8(7(10)5-6)14(12,13)4-3-11/h1-2,5H,4H2. The first kappa shape index (κ1) is 11.1. The van der Waals surface area contributed by atoms with Gasteiger partial charge in [-0.25, -0.2) is 12.8 Å². The second-order valence-electron chi connectivity index (χ2n) is 2.49. The van der Waals surface area contributed by atoms with E-state index in [1.807, 2.05) is 0 Å². The van der Waals surface area contributed by atoms with Crippen LogP contribution in [0.2, 0.25) is 0 Å². The number of rotatable bonds is 2. The van der Waals surface area contributed by atoms with Gasteiger partial charge in [-0.15, -0.1) is 0 Å². The molecule has 0 heterocycles. The largest absolute Gasteiger partial charge is 0.223 e. The summed E-state index contributed by atoms with van der Waals surface area (Å²) in [5.41, 5.74) is 0. The second-order valence-corrected chi connectivity index (χ2v) is 5.37. The molecule has 14 heavy (non-hydrogen) atoms. The van der Waals surface area contributed by atoms with Crippen LogP contribution in [0.5, 0.6) is 0 Å². The maximum atomic E-state index is 13.2. The van der Waals surface area contributed by atoms with Crippen molar-refractivity contribution < 1.29 is 12.8 Å². The maximum Gasteiger partial charge on any atom is 0.194 e. The lowest BCUT2D eigenvalue weighted by atomic mass is 10.3. The Labute approximate surface area is 89.2 Å². The summed E-state index contributed by atoms with van der Waals surface area (Å²) >= 11 is 3.00. The lowest BCUT2D eigenvalue weighted by Gasteiger charge is -2.01. The average molecular weight is 278 g/mol. The molecule has 0 amide bonds. The molecule has 0 aliphatic carbocycles. The molecular formula is C8H5BrFNO2S. The van der Waals surface area contributed by atoms with Crippen molar-refractivity contribution in [1.82, 2.24) is 0 Å². The Hall–Kier alpha value is -0.930. The van der Waals surface area contributed by atoms with E-state index in [1.54, 1.807) is 0 Å². The van der Waals surface area contributed by atoms with Crippen LogP contribution in [0.3, 0.4) is 0 Å². The van der Waals surface area contributed by atoms with Gasteiger partial charge in [0.15, 0.2) is 9.84 Å². The third kappa shape index (κ3) is 2.30. The zero-order valence-corrected chi connectivity index (χ0v) is 9.27. The van der Waals surface area contributed by atoms with Gasteiger partial charge in [0.25, 0.3) is 0 Å². The normalized spacial score (nSPS) is 10.9. The van der Waals surface area contributed by atoms with Crippen LogP contribution in [-0.4, -0.2) is 14.2 Å². The van der Waals surface area contributed by atoms with Gasteiger partial charge >= 0.3 is 0 Å². The highest BCUT2D eigenvalue weighted by molar-refractivity contribution is 9.10. The molecule has 1 aromatic carbocycles. The number of nitrogens with zero attached hydrogens (tertiary/aromatic N) is 1. The van der Waals surface area contributed by atoms with Gasteiger partial charge in [-0.2, -0.15) is 5.26 Å². The van der Waals surface area contributed by atoms with Gasteiger partial charge in [0.1, 0.15) is 16.5 Å². The average Bonchev–Trinajstić information content (AvgIpc) is 2.02. The Bertz CT molecular complexity index is 493. The van der Waals surface area contributed by atoms with E-state index in [1.165, 1.54) is 12.1 Å². The Morgan fingerprint density at radius 2 is 2.14 bits per heavy atom. The summed E-state index contributed by atoms with van der Waals surface area (Å²) in [7, 11) is -3.81. The summed E-state index contributed by atoms with van der Waals surface area (Å²) in [6.45, 7) is 0. The number of halogens is 2. The molecule has 6 heteroatoms. The molecular weight excluding hydrogens is 273 g/mol. The number of hydrogen-bond donors (Lipinski definition) is 0. The highest BCUT2D eigenvalue weighted by atomic mass is 79.9. The predicted molar refractivity (Wildman–Crippen MR) is 51.8 cm³/mol. The van der Waals surface area contributed by atoms with Crippen molar-refractivity contribution in [2.75, 3.05) is 5.75 Å². The van der Waals surface area contributed by atoms with E-state index < -0.39 is 26.3 Å². The van der Waals surface area contributed by atoms with Gasteiger partial charge in [0.2, 0.25) is 0 Å². The minimum Gasteiger partial charge on any atom is -0.223 e. The zero-order chi connectivity index (χ0) is 10.8. The first-order valence-electron chi connectivity index (χ1n) is 3.52. The van der Waals surface area contributed by atoms with Crippen molar-refractivity contribution in [2.45, 2.75) is 4.90 Å². The summed E-state index contributed by atoms with van der Waals surface area (Å²) in [4.78, 5) is -0.442. The van der Waals surface area contributed by atoms with Gasteiger partial charge in [-0.05, 0) is 18.2 Å². The summed E-state index contributed by atoms with van der Waals surface area (Å²) in [5.74, 6) is -1.57. The van der Waals surface area contributed by atoms with E-state index in [0.29, 0.717) is 4.47 Å². The molecule has 0 radical (unpaired) electrons. The second kappa shape index (κ2) is 4.07. The molecule has 0 N–H and O–H groups in total. The highest BCUT2D eigenvalue weighted by Crippen LogP contribution is 2.20. The van der Waals surface area contributed by atoms with E-state index >= 15 is 0 Å². The molecule has 3 nitrogen and oxygen atoms in total. The number of hydrogen-bond acceptors (Lipinski definition) is 3. The van der Waals surface area contributed by atoms with E-state index in [-0.39, 0.29) is 0 Å². The molecule has 0 aliphatic heterocycles. The van der Waals surface area contributed by atoms with Crippen molar-refractivity contribution in [3.05, 3.63) is 28.5 Å².